The summed E-state index contributed by atoms with van der Waals surface area (Å²) in [6, 6.07) is 8.76. The van der Waals surface area contributed by atoms with E-state index in [1.165, 1.54) is 23.0 Å². The number of rotatable bonds is 4. The summed E-state index contributed by atoms with van der Waals surface area (Å²) in [5.41, 5.74) is 2.99. The summed E-state index contributed by atoms with van der Waals surface area (Å²) in [5, 5.41) is 23.3. The normalized spacial score (nSPS) is 10.7. The van der Waals surface area contributed by atoms with E-state index in [0.717, 1.165) is 28.6 Å². The smallest absolute Gasteiger partial charge is 0.258 e. The fraction of sp³-hybridized carbons (Fsp3) is 0.143. The van der Waals surface area contributed by atoms with E-state index in [1.807, 2.05) is 32.0 Å². The van der Waals surface area contributed by atoms with Crippen molar-refractivity contribution in [2.24, 2.45) is 0 Å². The fourth-order valence-corrected chi connectivity index (χ4v) is 2.79. The zero-order valence-electron chi connectivity index (χ0n) is 12.4. The molecule has 0 amide bonds. The average molecular weight is 328 g/mol. The van der Waals surface area contributed by atoms with Gasteiger partial charge < -0.3 is 0 Å². The van der Waals surface area contributed by atoms with E-state index >= 15 is 0 Å². The van der Waals surface area contributed by atoms with Crippen LogP contribution in [0.1, 0.15) is 11.1 Å². The van der Waals surface area contributed by atoms with Gasteiger partial charge in [0.25, 0.3) is 0 Å². The van der Waals surface area contributed by atoms with Crippen LogP contribution in [0, 0.1) is 24.0 Å². The van der Waals surface area contributed by atoms with Gasteiger partial charge in [-0.25, -0.2) is 4.98 Å². The predicted molar refractivity (Wildman–Crippen MR) is 83.6 cm³/mol. The third-order valence-electron chi connectivity index (χ3n) is 3.31. The molecule has 0 fully saturated rings. The Morgan fingerprint density at radius 3 is 2.78 bits per heavy atom. The first kappa shape index (κ1) is 15.1. The third kappa shape index (κ3) is 3.04. The highest BCUT2D eigenvalue weighted by Crippen LogP contribution is 2.32. The Kier molecular flexibility index (Phi) is 4.02. The lowest BCUT2D eigenvalue weighted by Crippen LogP contribution is -2.01. The van der Waals surface area contributed by atoms with Crippen LogP contribution in [0.3, 0.4) is 0 Å². The van der Waals surface area contributed by atoms with Gasteiger partial charge >= 0.3 is 5.69 Å². The molecular weight excluding hydrogens is 316 g/mol. The maximum Gasteiger partial charge on any atom is 0.301 e. The maximum absolute atomic E-state index is 11.1. The Morgan fingerprint density at radius 1 is 1.22 bits per heavy atom. The Balaban J connectivity index is 1.99. The summed E-state index contributed by atoms with van der Waals surface area (Å²) < 4.78 is 1.54. The fourth-order valence-electron chi connectivity index (χ4n) is 1.95. The van der Waals surface area contributed by atoms with Crippen molar-refractivity contribution in [3.63, 3.8) is 0 Å². The second-order valence-electron chi connectivity index (χ2n) is 4.83. The van der Waals surface area contributed by atoms with Crippen LogP contribution >= 0.6 is 11.8 Å². The number of nitro groups is 1. The summed E-state index contributed by atoms with van der Waals surface area (Å²) >= 11 is 1.05. The van der Waals surface area contributed by atoms with Gasteiger partial charge in [0, 0.05) is 12.3 Å². The van der Waals surface area contributed by atoms with E-state index < -0.39 is 4.92 Å². The van der Waals surface area contributed by atoms with Crippen LogP contribution in [0.2, 0.25) is 0 Å². The predicted octanol–water partition coefficient (Wildman–Crippen LogP) is 2.73. The summed E-state index contributed by atoms with van der Waals surface area (Å²) in [7, 11) is 0. The first-order valence-corrected chi connectivity index (χ1v) is 7.51. The monoisotopic (exact) mass is 328 g/mol. The van der Waals surface area contributed by atoms with E-state index in [-0.39, 0.29) is 10.7 Å². The molecule has 2 heterocycles. The van der Waals surface area contributed by atoms with Crippen LogP contribution in [0.15, 0.2) is 46.7 Å². The number of tetrazole rings is 1. The van der Waals surface area contributed by atoms with Crippen LogP contribution < -0.4 is 0 Å². The lowest BCUT2D eigenvalue weighted by molar-refractivity contribution is -0.388. The van der Waals surface area contributed by atoms with Crippen molar-refractivity contribution in [3.05, 3.63) is 57.8 Å². The van der Waals surface area contributed by atoms with Crippen LogP contribution in [-0.4, -0.2) is 30.1 Å². The Bertz CT molecular complexity index is 879. The van der Waals surface area contributed by atoms with Gasteiger partial charge in [-0.1, -0.05) is 6.07 Å². The van der Waals surface area contributed by atoms with Gasteiger partial charge in [-0.2, -0.15) is 4.68 Å². The van der Waals surface area contributed by atoms with Gasteiger partial charge in [0.15, 0.2) is 5.03 Å². The largest absolute Gasteiger partial charge is 0.301 e. The molecule has 0 saturated heterocycles. The Morgan fingerprint density at radius 2 is 2.04 bits per heavy atom. The minimum Gasteiger partial charge on any atom is -0.258 e. The van der Waals surface area contributed by atoms with Crippen LogP contribution in [0.25, 0.3) is 5.69 Å². The molecular formula is C14H12N6O2S. The molecule has 3 rings (SSSR count). The molecule has 116 valence electrons. The van der Waals surface area contributed by atoms with Crippen molar-refractivity contribution in [2.75, 3.05) is 0 Å². The SMILES string of the molecule is Cc1ccc(-n2nnnc2Sc2ncccc2[N+](=O)[O-])cc1C. The lowest BCUT2D eigenvalue weighted by Gasteiger charge is -2.06. The van der Waals surface area contributed by atoms with Crippen molar-refractivity contribution >= 4 is 17.4 Å². The van der Waals surface area contributed by atoms with Crippen molar-refractivity contribution in [3.8, 4) is 5.69 Å². The molecule has 0 unspecified atom stereocenters. The van der Waals surface area contributed by atoms with E-state index in [1.54, 1.807) is 0 Å². The van der Waals surface area contributed by atoms with Gasteiger partial charge in [-0.15, -0.1) is 5.10 Å². The molecule has 8 nitrogen and oxygen atoms in total. The molecule has 9 heteroatoms. The first-order valence-electron chi connectivity index (χ1n) is 6.69. The van der Waals surface area contributed by atoms with Crippen LogP contribution in [0.4, 0.5) is 5.69 Å². The Labute approximate surface area is 135 Å². The second-order valence-corrected chi connectivity index (χ2v) is 5.78. The van der Waals surface area contributed by atoms with Crippen molar-refractivity contribution < 1.29 is 4.92 Å². The highest BCUT2D eigenvalue weighted by Gasteiger charge is 2.19. The van der Waals surface area contributed by atoms with Crippen molar-refractivity contribution in [1.82, 2.24) is 25.2 Å². The van der Waals surface area contributed by atoms with Gasteiger partial charge in [-0.05, 0) is 65.4 Å². The zero-order valence-corrected chi connectivity index (χ0v) is 13.2. The number of pyridine rings is 1. The Hall–Kier alpha value is -2.81. The van der Waals surface area contributed by atoms with E-state index in [0.29, 0.717) is 5.16 Å². The second kappa shape index (κ2) is 6.13. The highest BCUT2D eigenvalue weighted by atomic mass is 32.2. The molecule has 3 aromatic rings. The number of aryl methyl sites for hydroxylation is 2. The topological polar surface area (TPSA) is 99.6 Å². The molecule has 0 radical (unpaired) electrons. The maximum atomic E-state index is 11.1. The third-order valence-corrected chi connectivity index (χ3v) is 4.26. The number of hydrogen-bond acceptors (Lipinski definition) is 7. The molecule has 0 aliphatic rings. The number of benzene rings is 1. The summed E-state index contributed by atoms with van der Waals surface area (Å²) in [4.78, 5) is 14.7. The van der Waals surface area contributed by atoms with Crippen molar-refractivity contribution in [2.45, 2.75) is 24.0 Å². The highest BCUT2D eigenvalue weighted by molar-refractivity contribution is 7.99. The molecule has 0 aliphatic heterocycles. The molecule has 0 bridgehead atoms. The van der Waals surface area contributed by atoms with E-state index in [9.17, 15) is 10.1 Å². The minimum atomic E-state index is -0.473. The van der Waals surface area contributed by atoms with Gasteiger partial charge in [0.05, 0.1) is 10.6 Å². The molecule has 0 aliphatic carbocycles. The van der Waals surface area contributed by atoms with Gasteiger partial charge in [0.1, 0.15) is 0 Å². The summed E-state index contributed by atoms with van der Waals surface area (Å²) in [5.74, 6) is 0. The molecule has 2 aromatic heterocycles. The quantitative estimate of drug-likeness (QED) is 0.536. The lowest BCUT2D eigenvalue weighted by atomic mass is 10.1. The van der Waals surface area contributed by atoms with Gasteiger partial charge in [0.2, 0.25) is 5.16 Å². The first-order chi connectivity index (χ1) is 11.1. The summed E-state index contributed by atoms with van der Waals surface area (Å²) in [6.45, 7) is 4.02. The minimum absolute atomic E-state index is 0.0767. The van der Waals surface area contributed by atoms with Gasteiger partial charge in [-0.3, -0.25) is 10.1 Å². The molecule has 0 saturated carbocycles. The van der Waals surface area contributed by atoms with Crippen LogP contribution in [-0.2, 0) is 0 Å². The van der Waals surface area contributed by atoms with E-state index in [4.69, 9.17) is 0 Å². The molecule has 23 heavy (non-hydrogen) atoms. The molecule has 0 spiro atoms. The molecule has 0 N–H and O–H groups in total. The summed E-state index contributed by atoms with van der Waals surface area (Å²) in [6.07, 6.45) is 1.50. The van der Waals surface area contributed by atoms with E-state index in [2.05, 4.69) is 20.5 Å². The number of nitrogens with zero attached hydrogens (tertiary/aromatic N) is 6. The number of hydrogen-bond donors (Lipinski definition) is 0. The standard InChI is InChI=1S/C14H12N6O2S/c1-9-5-6-11(8-10(9)2)19-14(16-17-18-19)23-13-12(20(21)22)4-3-7-15-13/h3-8H,1-2H3. The average Bonchev–Trinajstić information content (AvgIpc) is 2.98. The molecule has 0 atom stereocenters. The number of aromatic nitrogens is 5. The zero-order chi connectivity index (χ0) is 16.4. The van der Waals surface area contributed by atoms with Crippen LogP contribution in [0.5, 0.6) is 0 Å². The molecule has 1 aromatic carbocycles. The van der Waals surface area contributed by atoms with Crippen molar-refractivity contribution in [1.29, 1.82) is 0 Å².